The zero-order chi connectivity index (χ0) is 31.1. The van der Waals surface area contributed by atoms with Gasteiger partial charge in [0.15, 0.2) is 0 Å². The molecule has 1 aromatic heterocycles. The Morgan fingerprint density at radius 1 is 1.14 bits per heavy atom. The number of carboxylic acids is 1. The van der Waals surface area contributed by atoms with E-state index in [-0.39, 0.29) is 41.7 Å². The number of thiophene rings is 1. The summed E-state index contributed by atoms with van der Waals surface area (Å²) in [5, 5.41) is 17.2. The second-order valence-corrected chi connectivity index (χ2v) is 13.7. The van der Waals surface area contributed by atoms with E-state index in [4.69, 9.17) is 0 Å². The number of amides is 3. The molecule has 0 aliphatic rings. The fourth-order valence-electron chi connectivity index (χ4n) is 4.50. The summed E-state index contributed by atoms with van der Waals surface area (Å²) in [6.07, 6.45) is 6.58. The topological polar surface area (TPSA) is 125 Å². The molecule has 0 saturated carbocycles. The number of aryl methyl sites for hydroxylation is 1. The van der Waals surface area contributed by atoms with Crippen LogP contribution >= 0.6 is 23.1 Å². The molecular formula is C32H45N3O5S2. The average Bonchev–Trinajstić information content (AvgIpc) is 3.39. The van der Waals surface area contributed by atoms with Crippen LogP contribution in [0.3, 0.4) is 0 Å². The fraction of sp³-hybridized carbons (Fsp3) is 0.500. The van der Waals surface area contributed by atoms with Crippen LogP contribution in [0.15, 0.2) is 49.1 Å². The zero-order valence-electron chi connectivity index (χ0n) is 25.2. The van der Waals surface area contributed by atoms with Crippen molar-refractivity contribution in [2.45, 2.75) is 89.3 Å². The first-order chi connectivity index (χ1) is 20.0. The number of thioether (sulfide) groups is 1. The molecule has 3 atom stereocenters. The monoisotopic (exact) mass is 615 g/mol. The number of rotatable bonds is 19. The number of carbonyl (C=O) groups is 4. The second kappa shape index (κ2) is 17.8. The standard InChI is InChI=1S/C32H45N3O5S2/c1-6-8-9-18-32(5,17-7-2)41-21-29(37)33-20-28(36)35-26(14-16-30(38)39)31(40)34-25-12-10-11-24(19-25)23(4)27-15-13-22(3)42-27/h7,10-13,15,19,23,26H,2,6,8-9,14,16-18,20-21H2,1,3-5H3,(H,33,37)(H,34,40)(H,35,36)(H,38,39)/t23-,26-,32?/m0/s1. The van der Waals surface area contributed by atoms with Gasteiger partial charge in [-0.15, -0.1) is 29.7 Å². The van der Waals surface area contributed by atoms with Gasteiger partial charge in [0, 0.05) is 32.5 Å². The maximum Gasteiger partial charge on any atom is 0.303 e. The maximum atomic E-state index is 13.1. The van der Waals surface area contributed by atoms with Crippen molar-refractivity contribution in [1.82, 2.24) is 10.6 Å². The summed E-state index contributed by atoms with van der Waals surface area (Å²) >= 11 is 3.27. The van der Waals surface area contributed by atoms with Crippen molar-refractivity contribution in [2.24, 2.45) is 0 Å². The number of allylic oxidation sites excluding steroid dienone is 1. The van der Waals surface area contributed by atoms with Crippen LogP contribution in [0.5, 0.6) is 0 Å². The lowest BCUT2D eigenvalue weighted by Gasteiger charge is -2.27. The summed E-state index contributed by atoms with van der Waals surface area (Å²) < 4.78 is -0.103. The van der Waals surface area contributed by atoms with Crippen molar-refractivity contribution >= 4 is 52.5 Å². The van der Waals surface area contributed by atoms with E-state index in [0.29, 0.717) is 5.69 Å². The van der Waals surface area contributed by atoms with E-state index in [9.17, 15) is 24.3 Å². The summed E-state index contributed by atoms with van der Waals surface area (Å²) in [6.45, 7) is 12.0. The quantitative estimate of drug-likeness (QED) is 0.109. The SMILES string of the molecule is C=CCC(C)(CCCCC)SCC(=O)NCC(=O)N[C@@H](CCC(=O)O)C(=O)Nc1cccc([C@H](C)c2ccc(C)s2)c1. The largest absolute Gasteiger partial charge is 0.481 e. The molecule has 0 spiro atoms. The molecule has 4 N–H and O–H groups in total. The van der Waals surface area contributed by atoms with E-state index >= 15 is 0 Å². The van der Waals surface area contributed by atoms with Gasteiger partial charge in [0.05, 0.1) is 12.3 Å². The normalized spacial score (nSPS) is 13.8. The fourth-order valence-corrected chi connectivity index (χ4v) is 6.57. The van der Waals surface area contributed by atoms with Crippen LogP contribution in [0, 0.1) is 6.92 Å². The van der Waals surface area contributed by atoms with Crippen LogP contribution < -0.4 is 16.0 Å². The number of nitrogens with one attached hydrogen (secondary N) is 3. The molecule has 1 unspecified atom stereocenters. The van der Waals surface area contributed by atoms with Crippen molar-refractivity contribution in [3.05, 3.63) is 64.4 Å². The molecule has 1 aromatic carbocycles. The summed E-state index contributed by atoms with van der Waals surface area (Å²) in [4.78, 5) is 51.9. The van der Waals surface area contributed by atoms with Gasteiger partial charge in [-0.25, -0.2) is 0 Å². The third-order valence-electron chi connectivity index (χ3n) is 7.02. The summed E-state index contributed by atoms with van der Waals surface area (Å²) in [7, 11) is 0. The Morgan fingerprint density at radius 3 is 2.55 bits per heavy atom. The van der Waals surface area contributed by atoms with E-state index in [1.165, 1.54) is 9.75 Å². The molecule has 8 nitrogen and oxygen atoms in total. The van der Waals surface area contributed by atoms with Crippen molar-refractivity contribution in [3.8, 4) is 0 Å². The highest BCUT2D eigenvalue weighted by molar-refractivity contribution is 8.01. The van der Waals surface area contributed by atoms with Gasteiger partial charge in [0.2, 0.25) is 17.7 Å². The molecule has 42 heavy (non-hydrogen) atoms. The summed E-state index contributed by atoms with van der Waals surface area (Å²) in [6, 6.07) is 10.6. The minimum Gasteiger partial charge on any atom is -0.481 e. The van der Waals surface area contributed by atoms with Gasteiger partial charge >= 0.3 is 5.97 Å². The molecule has 2 aromatic rings. The molecule has 1 heterocycles. The number of carbonyl (C=O) groups excluding carboxylic acids is 3. The molecule has 0 radical (unpaired) electrons. The highest BCUT2D eigenvalue weighted by atomic mass is 32.2. The molecule has 0 saturated heterocycles. The Morgan fingerprint density at radius 2 is 1.90 bits per heavy atom. The van der Waals surface area contributed by atoms with Crippen molar-refractivity contribution < 1.29 is 24.3 Å². The summed E-state index contributed by atoms with van der Waals surface area (Å²) in [5.41, 5.74) is 1.58. The molecular weight excluding hydrogens is 571 g/mol. The van der Waals surface area contributed by atoms with Gasteiger partial charge < -0.3 is 21.1 Å². The van der Waals surface area contributed by atoms with Gasteiger partial charge in [-0.05, 0) is 56.0 Å². The van der Waals surface area contributed by atoms with Crippen LogP contribution in [0.1, 0.15) is 87.0 Å². The lowest BCUT2D eigenvalue weighted by atomic mass is 9.99. The third-order valence-corrected chi connectivity index (χ3v) is 9.68. The Labute approximate surface area is 258 Å². The smallest absolute Gasteiger partial charge is 0.303 e. The number of aliphatic carboxylic acids is 1. The number of hydrogen-bond acceptors (Lipinski definition) is 6. The van der Waals surface area contributed by atoms with E-state index < -0.39 is 23.8 Å². The molecule has 3 amide bonds. The second-order valence-electron chi connectivity index (χ2n) is 10.8. The first-order valence-corrected chi connectivity index (χ1v) is 16.3. The van der Waals surface area contributed by atoms with Gasteiger partial charge in [-0.2, -0.15) is 0 Å². The van der Waals surface area contributed by atoms with Gasteiger partial charge in [-0.1, -0.05) is 58.2 Å². The van der Waals surface area contributed by atoms with E-state index in [1.54, 1.807) is 29.2 Å². The number of hydrogen-bond donors (Lipinski definition) is 4. The van der Waals surface area contributed by atoms with Crippen molar-refractivity contribution in [2.75, 3.05) is 17.6 Å². The lowest BCUT2D eigenvalue weighted by Crippen LogP contribution is -2.48. The first kappa shape index (κ1) is 35.1. The number of unbranched alkanes of at least 4 members (excludes halogenated alkanes) is 2. The van der Waals surface area contributed by atoms with Crippen LogP contribution in [0.4, 0.5) is 5.69 Å². The minimum atomic E-state index is -1.07. The van der Waals surface area contributed by atoms with Crippen LogP contribution in [-0.2, 0) is 19.2 Å². The predicted octanol–water partition coefficient (Wildman–Crippen LogP) is 6.26. The molecule has 2 rings (SSSR count). The van der Waals surface area contributed by atoms with Crippen LogP contribution in [0.2, 0.25) is 0 Å². The Hall–Kier alpha value is -3.11. The van der Waals surface area contributed by atoms with Gasteiger partial charge in [-0.3, -0.25) is 19.2 Å². The minimum absolute atomic E-state index is 0.0844. The first-order valence-electron chi connectivity index (χ1n) is 14.5. The van der Waals surface area contributed by atoms with Crippen molar-refractivity contribution in [3.63, 3.8) is 0 Å². The highest BCUT2D eigenvalue weighted by Gasteiger charge is 2.25. The molecule has 0 bridgehead atoms. The van der Waals surface area contributed by atoms with E-state index in [2.05, 4.69) is 62.4 Å². The van der Waals surface area contributed by atoms with Crippen molar-refractivity contribution in [1.29, 1.82) is 0 Å². The molecule has 0 aliphatic carbocycles. The lowest BCUT2D eigenvalue weighted by molar-refractivity contribution is -0.137. The van der Waals surface area contributed by atoms with E-state index in [0.717, 1.165) is 37.7 Å². The zero-order valence-corrected chi connectivity index (χ0v) is 26.8. The van der Waals surface area contributed by atoms with Gasteiger partial charge in [0.25, 0.3) is 0 Å². The highest BCUT2D eigenvalue weighted by Crippen LogP contribution is 2.34. The maximum absolute atomic E-state index is 13.1. The summed E-state index contributed by atoms with van der Waals surface area (Å²) in [5.74, 6) is -2.10. The Balaban J connectivity index is 1.96. The Bertz CT molecular complexity index is 1210. The number of anilines is 1. The van der Waals surface area contributed by atoms with E-state index in [1.807, 2.05) is 24.3 Å². The predicted molar refractivity (Wildman–Crippen MR) is 173 cm³/mol. The third kappa shape index (κ3) is 12.4. The van der Waals surface area contributed by atoms with Crippen LogP contribution in [0.25, 0.3) is 0 Å². The molecule has 230 valence electrons. The van der Waals surface area contributed by atoms with Crippen LogP contribution in [-0.4, -0.2) is 51.9 Å². The molecule has 0 aliphatic heterocycles. The average molecular weight is 616 g/mol. The molecule has 10 heteroatoms. The number of carboxylic acid groups (broad SMARTS) is 1. The molecule has 0 fully saturated rings. The number of benzene rings is 1. The Kier molecular flexibility index (Phi) is 14.8. The van der Waals surface area contributed by atoms with Gasteiger partial charge in [0.1, 0.15) is 6.04 Å².